The highest BCUT2D eigenvalue weighted by Crippen LogP contribution is 2.31. The Morgan fingerprint density at radius 1 is 1.05 bits per heavy atom. The van der Waals surface area contributed by atoms with Crippen LogP contribution in [0.15, 0.2) is 18.2 Å². The van der Waals surface area contributed by atoms with E-state index >= 15 is 0 Å². The van der Waals surface area contributed by atoms with Crippen LogP contribution < -0.4 is 14.8 Å². The zero-order valence-corrected chi connectivity index (χ0v) is 14.2. The van der Waals surface area contributed by atoms with Gasteiger partial charge in [-0.1, -0.05) is 39.2 Å². The maximum Gasteiger partial charge on any atom is 0.161 e. The van der Waals surface area contributed by atoms with Crippen molar-refractivity contribution in [2.45, 2.75) is 65.0 Å². The third-order valence-electron chi connectivity index (χ3n) is 3.94. The molecule has 3 heteroatoms. The van der Waals surface area contributed by atoms with Gasteiger partial charge in [-0.2, -0.15) is 0 Å². The number of methoxy groups -OCH3 is 2. The van der Waals surface area contributed by atoms with Crippen LogP contribution in [0, 0.1) is 0 Å². The fraction of sp³-hybridized carbons (Fsp3) is 0.667. The number of unbranched alkanes of at least 4 members (excludes halogenated alkanes) is 2. The van der Waals surface area contributed by atoms with Gasteiger partial charge in [-0.25, -0.2) is 0 Å². The van der Waals surface area contributed by atoms with Crippen molar-refractivity contribution >= 4 is 0 Å². The Hall–Kier alpha value is -1.22. The smallest absolute Gasteiger partial charge is 0.161 e. The van der Waals surface area contributed by atoms with Crippen LogP contribution in [0.25, 0.3) is 0 Å². The highest BCUT2D eigenvalue weighted by Gasteiger charge is 2.14. The van der Waals surface area contributed by atoms with Crippen molar-refractivity contribution in [3.05, 3.63) is 23.8 Å². The number of hydrogen-bond acceptors (Lipinski definition) is 3. The molecule has 2 unspecified atom stereocenters. The largest absolute Gasteiger partial charge is 0.493 e. The van der Waals surface area contributed by atoms with Crippen LogP contribution in [0.5, 0.6) is 11.5 Å². The summed E-state index contributed by atoms with van der Waals surface area (Å²) >= 11 is 0. The third-order valence-corrected chi connectivity index (χ3v) is 3.94. The van der Waals surface area contributed by atoms with Gasteiger partial charge in [0.1, 0.15) is 0 Å². The minimum absolute atomic E-state index is 0.362. The van der Waals surface area contributed by atoms with Crippen LogP contribution in [0.3, 0.4) is 0 Å². The van der Waals surface area contributed by atoms with Gasteiger partial charge in [0.25, 0.3) is 0 Å². The molecule has 2 atom stereocenters. The van der Waals surface area contributed by atoms with Gasteiger partial charge in [-0.3, -0.25) is 0 Å². The summed E-state index contributed by atoms with van der Waals surface area (Å²) in [6, 6.07) is 7.09. The van der Waals surface area contributed by atoms with E-state index in [9.17, 15) is 0 Å². The Morgan fingerprint density at radius 3 is 2.33 bits per heavy atom. The Kier molecular flexibility index (Phi) is 8.21. The van der Waals surface area contributed by atoms with Crippen molar-refractivity contribution in [3.8, 4) is 11.5 Å². The van der Waals surface area contributed by atoms with Gasteiger partial charge in [0.2, 0.25) is 0 Å². The lowest BCUT2D eigenvalue weighted by molar-refractivity contribution is 0.352. The monoisotopic (exact) mass is 293 g/mol. The summed E-state index contributed by atoms with van der Waals surface area (Å²) in [4.78, 5) is 0. The third kappa shape index (κ3) is 5.58. The van der Waals surface area contributed by atoms with E-state index < -0.39 is 0 Å². The molecule has 0 saturated heterocycles. The summed E-state index contributed by atoms with van der Waals surface area (Å²) < 4.78 is 10.7. The first-order valence-electron chi connectivity index (χ1n) is 8.14. The molecular formula is C18H31NO2. The van der Waals surface area contributed by atoms with Crippen molar-refractivity contribution in [1.82, 2.24) is 5.32 Å². The van der Waals surface area contributed by atoms with E-state index in [0.717, 1.165) is 17.9 Å². The van der Waals surface area contributed by atoms with Crippen molar-refractivity contribution in [2.75, 3.05) is 14.2 Å². The predicted octanol–water partition coefficient (Wildman–Crippen LogP) is 4.71. The summed E-state index contributed by atoms with van der Waals surface area (Å²) in [5, 5.41) is 3.73. The minimum atomic E-state index is 0.362. The number of rotatable bonds is 10. The van der Waals surface area contributed by atoms with E-state index in [4.69, 9.17) is 9.47 Å². The summed E-state index contributed by atoms with van der Waals surface area (Å²) in [7, 11) is 3.35. The van der Waals surface area contributed by atoms with E-state index in [1.807, 2.05) is 6.07 Å². The van der Waals surface area contributed by atoms with Gasteiger partial charge in [0.05, 0.1) is 14.2 Å². The second-order valence-electron chi connectivity index (χ2n) is 5.64. The maximum atomic E-state index is 5.40. The molecular weight excluding hydrogens is 262 g/mol. The van der Waals surface area contributed by atoms with Gasteiger partial charge >= 0.3 is 0 Å². The zero-order valence-electron chi connectivity index (χ0n) is 14.2. The molecule has 0 aliphatic heterocycles. The van der Waals surface area contributed by atoms with Crippen molar-refractivity contribution in [2.24, 2.45) is 0 Å². The minimum Gasteiger partial charge on any atom is -0.493 e. The van der Waals surface area contributed by atoms with Gasteiger partial charge in [-0.05, 0) is 37.5 Å². The summed E-state index contributed by atoms with van der Waals surface area (Å²) in [5.74, 6) is 1.58. The molecule has 0 aromatic heterocycles. The van der Waals surface area contributed by atoms with Crippen LogP contribution in [0.2, 0.25) is 0 Å². The molecule has 0 amide bonds. The first-order chi connectivity index (χ1) is 10.2. The van der Waals surface area contributed by atoms with E-state index in [-0.39, 0.29) is 0 Å². The first-order valence-corrected chi connectivity index (χ1v) is 8.14. The Morgan fingerprint density at radius 2 is 1.76 bits per heavy atom. The van der Waals surface area contributed by atoms with Crippen molar-refractivity contribution in [3.63, 3.8) is 0 Å². The van der Waals surface area contributed by atoms with Crippen LogP contribution in [0.1, 0.15) is 64.5 Å². The normalized spacial score (nSPS) is 13.8. The summed E-state index contributed by atoms with van der Waals surface area (Å²) in [6.45, 7) is 6.74. The SMILES string of the molecule is CCCCCC(C)NC(CC)c1ccc(OC)c(OC)c1. The molecule has 0 bridgehead atoms. The van der Waals surface area contributed by atoms with Crippen LogP contribution in [-0.4, -0.2) is 20.3 Å². The molecule has 1 aromatic rings. The number of nitrogens with one attached hydrogen (secondary N) is 1. The van der Waals surface area contributed by atoms with E-state index in [1.54, 1.807) is 14.2 Å². The number of hydrogen-bond donors (Lipinski definition) is 1. The maximum absolute atomic E-state index is 5.40. The second kappa shape index (κ2) is 9.67. The van der Waals surface area contributed by atoms with E-state index in [2.05, 4.69) is 38.2 Å². The lowest BCUT2D eigenvalue weighted by Gasteiger charge is -2.23. The zero-order chi connectivity index (χ0) is 15.7. The molecule has 1 rings (SSSR count). The molecule has 0 saturated carbocycles. The van der Waals surface area contributed by atoms with Gasteiger partial charge in [0.15, 0.2) is 11.5 Å². The molecule has 0 aliphatic rings. The molecule has 0 radical (unpaired) electrons. The van der Waals surface area contributed by atoms with Gasteiger partial charge < -0.3 is 14.8 Å². The fourth-order valence-electron chi connectivity index (χ4n) is 2.65. The van der Waals surface area contributed by atoms with Crippen LogP contribution in [-0.2, 0) is 0 Å². The van der Waals surface area contributed by atoms with Crippen LogP contribution in [0.4, 0.5) is 0 Å². The molecule has 1 aromatic carbocycles. The van der Waals surface area contributed by atoms with Gasteiger partial charge in [-0.15, -0.1) is 0 Å². The Balaban J connectivity index is 2.71. The standard InChI is InChI=1S/C18H31NO2/c1-6-8-9-10-14(3)19-16(7-2)15-11-12-17(20-4)18(13-15)21-5/h11-14,16,19H,6-10H2,1-5H3. The first kappa shape index (κ1) is 17.8. The molecule has 0 heterocycles. The number of benzene rings is 1. The number of ether oxygens (including phenoxy) is 2. The second-order valence-corrected chi connectivity index (χ2v) is 5.64. The fourth-order valence-corrected chi connectivity index (χ4v) is 2.65. The molecule has 0 spiro atoms. The lowest BCUT2D eigenvalue weighted by Crippen LogP contribution is -2.30. The molecule has 0 aliphatic carbocycles. The van der Waals surface area contributed by atoms with E-state index in [1.165, 1.54) is 31.2 Å². The highest BCUT2D eigenvalue weighted by atomic mass is 16.5. The van der Waals surface area contributed by atoms with Crippen LogP contribution >= 0.6 is 0 Å². The van der Waals surface area contributed by atoms with E-state index in [0.29, 0.717) is 12.1 Å². The average molecular weight is 293 g/mol. The highest BCUT2D eigenvalue weighted by molar-refractivity contribution is 5.43. The molecule has 21 heavy (non-hydrogen) atoms. The van der Waals surface area contributed by atoms with Gasteiger partial charge in [0, 0.05) is 12.1 Å². The summed E-state index contributed by atoms with van der Waals surface area (Å²) in [5.41, 5.74) is 1.26. The molecule has 1 N–H and O–H groups in total. The Labute approximate surface area is 130 Å². The molecule has 120 valence electrons. The topological polar surface area (TPSA) is 30.5 Å². The quantitative estimate of drug-likeness (QED) is 0.634. The lowest BCUT2D eigenvalue weighted by atomic mass is 10.0. The summed E-state index contributed by atoms with van der Waals surface area (Å²) in [6.07, 6.45) is 6.19. The predicted molar refractivity (Wildman–Crippen MR) is 89.3 cm³/mol. The van der Waals surface area contributed by atoms with Crippen molar-refractivity contribution < 1.29 is 9.47 Å². The van der Waals surface area contributed by atoms with Crippen molar-refractivity contribution in [1.29, 1.82) is 0 Å². The molecule has 3 nitrogen and oxygen atoms in total. The molecule has 0 fully saturated rings. The average Bonchev–Trinajstić information content (AvgIpc) is 2.52. The Bertz CT molecular complexity index is 406.